The summed E-state index contributed by atoms with van der Waals surface area (Å²) < 4.78 is 4.97. The fourth-order valence-corrected chi connectivity index (χ4v) is 3.32. The van der Waals surface area contributed by atoms with Crippen molar-refractivity contribution < 1.29 is 19.1 Å². The van der Waals surface area contributed by atoms with Crippen molar-refractivity contribution >= 4 is 41.0 Å². The van der Waals surface area contributed by atoms with Crippen LogP contribution in [0, 0.1) is 5.92 Å². The predicted octanol–water partition coefficient (Wildman–Crippen LogP) is 3.30. The van der Waals surface area contributed by atoms with E-state index in [-0.39, 0.29) is 35.7 Å². The molecule has 0 unspecified atom stereocenters. The highest BCUT2D eigenvalue weighted by atomic mass is 35.5. The number of carbonyl (C=O) groups excluding carboxylic acids is 3. The van der Waals surface area contributed by atoms with Gasteiger partial charge in [0.1, 0.15) is 6.54 Å². The van der Waals surface area contributed by atoms with E-state index < -0.39 is 11.9 Å². The van der Waals surface area contributed by atoms with Crippen LogP contribution in [0.3, 0.4) is 0 Å². The number of esters is 1. The molecular weight excluding hydrogens is 391 g/mol. The van der Waals surface area contributed by atoms with Gasteiger partial charge in [0.2, 0.25) is 0 Å². The zero-order valence-electron chi connectivity index (χ0n) is 15.5. The van der Waals surface area contributed by atoms with Crippen molar-refractivity contribution in [3.05, 3.63) is 33.8 Å². The number of amides is 2. The van der Waals surface area contributed by atoms with Gasteiger partial charge in [-0.15, -0.1) is 0 Å². The van der Waals surface area contributed by atoms with Gasteiger partial charge in [0.05, 0.1) is 10.0 Å². The molecule has 1 aliphatic rings. The first-order valence-electron chi connectivity index (χ1n) is 8.92. The van der Waals surface area contributed by atoms with Crippen LogP contribution in [0.5, 0.6) is 0 Å². The highest BCUT2D eigenvalue weighted by molar-refractivity contribution is 6.42. The average molecular weight is 415 g/mol. The second kappa shape index (κ2) is 9.95. The number of carbonyl (C=O) groups is 3. The molecule has 0 saturated heterocycles. The van der Waals surface area contributed by atoms with Gasteiger partial charge in [-0.05, 0) is 49.8 Å². The summed E-state index contributed by atoms with van der Waals surface area (Å²) in [5, 5.41) is 3.01. The number of ether oxygens (including phenoxy) is 1. The summed E-state index contributed by atoms with van der Waals surface area (Å²) in [7, 11) is 1.74. The van der Waals surface area contributed by atoms with Crippen molar-refractivity contribution in [2.75, 3.05) is 20.2 Å². The molecule has 1 saturated carbocycles. The maximum absolute atomic E-state index is 12.2. The Bertz CT molecular complexity index is 703. The Labute approximate surface area is 169 Å². The van der Waals surface area contributed by atoms with Crippen LogP contribution in [-0.4, -0.2) is 48.9 Å². The van der Waals surface area contributed by atoms with Crippen molar-refractivity contribution in [2.45, 2.75) is 38.6 Å². The van der Waals surface area contributed by atoms with Crippen LogP contribution in [0.15, 0.2) is 18.2 Å². The van der Waals surface area contributed by atoms with E-state index in [0.717, 1.165) is 25.7 Å². The maximum atomic E-state index is 12.2. The SMILES string of the molecule is CC1CCC(N(C)C(=O)COC(=O)CNC(=O)c2ccc(Cl)c(Cl)c2)CC1. The molecule has 8 heteroatoms. The largest absolute Gasteiger partial charge is 0.454 e. The van der Waals surface area contributed by atoms with Crippen molar-refractivity contribution in [3.63, 3.8) is 0 Å². The molecule has 1 aromatic rings. The molecule has 0 aromatic heterocycles. The molecule has 0 atom stereocenters. The zero-order valence-corrected chi connectivity index (χ0v) is 17.0. The van der Waals surface area contributed by atoms with Gasteiger partial charge in [-0.1, -0.05) is 30.1 Å². The quantitative estimate of drug-likeness (QED) is 0.724. The van der Waals surface area contributed by atoms with Gasteiger partial charge in [0.15, 0.2) is 6.61 Å². The Kier molecular flexibility index (Phi) is 7.92. The third kappa shape index (κ3) is 6.40. The van der Waals surface area contributed by atoms with Crippen LogP contribution < -0.4 is 5.32 Å². The number of likely N-dealkylation sites (N-methyl/N-ethyl adjacent to an activating group) is 1. The Hall–Kier alpha value is -1.79. The van der Waals surface area contributed by atoms with E-state index in [1.165, 1.54) is 18.2 Å². The molecule has 1 aromatic carbocycles. The van der Waals surface area contributed by atoms with Gasteiger partial charge in [-0.25, -0.2) is 0 Å². The van der Waals surface area contributed by atoms with E-state index in [0.29, 0.717) is 10.9 Å². The van der Waals surface area contributed by atoms with E-state index >= 15 is 0 Å². The van der Waals surface area contributed by atoms with Gasteiger partial charge in [-0.3, -0.25) is 14.4 Å². The predicted molar refractivity (Wildman–Crippen MR) is 104 cm³/mol. The second-order valence-electron chi connectivity index (χ2n) is 6.89. The Morgan fingerprint density at radius 3 is 2.44 bits per heavy atom. The number of hydrogen-bond donors (Lipinski definition) is 1. The minimum atomic E-state index is -0.678. The highest BCUT2D eigenvalue weighted by Crippen LogP contribution is 2.26. The monoisotopic (exact) mass is 414 g/mol. The molecule has 0 heterocycles. The third-order valence-corrected chi connectivity index (χ3v) is 5.60. The summed E-state index contributed by atoms with van der Waals surface area (Å²) >= 11 is 11.7. The van der Waals surface area contributed by atoms with Crippen LogP contribution in [0.1, 0.15) is 43.0 Å². The summed E-state index contributed by atoms with van der Waals surface area (Å²) in [6, 6.07) is 4.60. The second-order valence-corrected chi connectivity index (χ2v) is 7.70. The topological polar surface area (TPSA) is 75.7 Å². The Morgan fingerprint density at radius 1 is 1.15 bits per heavy atom. The maximum Gasteiger partial charge on any atom is 0.325 e. The summed E-state index contributed by atoms with van der Waals surface area (Å²) in [5.41, 5.74) is 0.277. The van der Waals surface area contributed by atoms with Gasteiger partial charge in [-0.2, -0.15) is 0 Å². The molecule has 0 aliphatic heterocycles. The molecule has 1 aliphatic carbocycles. The summed E-state index contributed by atoms with van der Waals surface area (Å²) in [5.74, 6) is -0.701. The molecular formula is C19H24Cl2N2O4. The Morgan fingerprint density at radius 2 is 1.81 bits per heavy atom. The van der Waals surface area contributed by atoms with E-state index in [2.05, 4.69) is 12.2 Å². The van der Waals surface area contributed by atoms with E-state index in [1.54, 1.807) is 11.9 Å². The molecule has 0 spiro atoms. The van der Waals surface area contributed by atoms with Crippen molar-refractivity contribution in [1.29, 1.82) is 0 Å². The normalized spacial score (nSPS) is 19.3. The van der Waals surface area contributed by atoms with Gasteiger partial charge < -0.3 is 15.0 Å². The molecule has 27 heavy (non-hydrogen) atoms. The zero-order chi connectivity index (χ0) is 20.0. The minimum absolute atomic E-state index is 0.196. The Balaban J connectivity index is 1.72. The summed E-state index contributed by atoms with van der Waals surface area (Å²) in [6.07, 6.45) is 4.14. The summed E-state index contributed by atoms with van der Waals surface area (Å²) in [6.45, 7) is 1.55. The molecule has 148 valence electrons. The fourth-order valence-electron chi connectivity index (χ4n) is 3.02. The minimum Gasteiger partial charge on any atom is -0.454 e. The van der Waals surface area contributed by atoms with Crippen LogP contribution in [0.25, 0.3) is 0 Å². The number of benzene rings is 1. The van der Waals surface area contributed by atoms with Gasteiger partial charge >= 0.3 is 5.97 Å². The molecule has 2 amide bonds. The standard InChI is InChI=1S/C19H24Cl2N2O4/c1-12-3-6-14(7-4-12)23(2)17(24)11-27-18(25)10-22-19(26)13-5-8-15(20)16(21)9-13/h5,8-9,12,14H,3-4,6-7,10-11H2,1-2H3,(H,22,26). The van der Waals surface area contributed by atoms with E-state index in [1.807, 2.05) is 0 Å². The van der Waals surface area contributed by atoms with Crippen LogP contribution in [-0.2, 0) is 14.3 Å². The molecule has 6 nitrogen and oxygen atoms in total. The molecule has 2 rings (SSSR count). The van der Waals surface area contributed by atoms with Crippen LogP contribution in [0.4, 0.5) is 0 Å². The molecule has 1 fully saturated rings. The first-order chi connectivity index (χ1) is 12.8. The summed E-state index contributed by atoms with van der Waals surface area (Å²) in [4.78, 5) is 37.6. The number of nitrogens with one attached hydrogen (secondary N) is 1. The number of nitrogens with zero attached hydrogens (tertiary/aromatic N) is 1. The lowest BCUT2D eigenvalue weighted by molar-refractivity contribution is -0.151. The van der Waals surface area contributed by atoms with Crippen molar-refractivity contribution in [3.8, 4) is 0 Å². The average Bonchev–Trinajstić information content (AvgIpc) is 2.66. The van der Waals surface area contributed by atoms with Gasteiger partial charge in [0.25, 0.3) is 11.8 Å². The van der Waals surface area contributed by atoms with Crippen molar-refractivity contribution in [2.24, 2.45) is 5.92 Å². The lowest BCUT2D eigenvalue weighted by atomic mass is 9.87. The van der Waals surface area contributed by atoms with Crippen molar-refractivity contribution in [1.82, 2.24) is 10.2 Å². The van der Waals surface area contributed by atoms with Crippen LogP contribution in [0.2, 0.25) is 10.0 Å². The lowest BCUT2D eigenvalue weighted by Crippen LogP contribution is -2.42. The molecule has 0 radical (unpaired) electrons. The molecule has 1 N–H and O–H groups in total. The molecule has 0 bridgehead atoms. The van der Waals surface area contributed by atoms with Gasteiger partial charge in [0, 0.05) is 18.7 Å². The van der Waals surface area contributed by atoms with E-state index in [4.69, 9.17) is 27.9 Å². The third-order valence-electron chi connectivity index (χ3n) is 4.86. The number of rotatable bonds is 6. The first kappa shape index (κ1) is 21.5. The fraction of sp³-hybridized carbons (Fsp3) is 0.526. The number of hydrogen-bond acceptors (Lipinski definition) is 4. The van der Waals surface area contributed by atoms with E-state index in [9.17, 15) is 14.4 Å². The highest BCUT2D eigenvalue weighted by Gasteiger charge is 2.25. The first-order valence-corrected chi connectivity index (χ1v) is 9.68. The smallest absolute Gasteiger partial charge is 0.325 e. The van der Waals surface area contributed by atoms with Crippen LogP contribution >= 0.6 is 23.2 Å². The lowest BCUT2D eigenvalue weighted by Gasteiger charge is -2.33. The number of halogens is 2.